The van der Waals surface area contributed by atoms with Crippen molar-refractivity contribution in [3.63, 3.8) is 0 Å². The molecule has 11 heteroatoms. The predicted octanol–water partition coefficient (Wildman–Crippen LogP) is 2.71. The van der Waals surface area contributed by atoms with Crippen LogP contribution in [-0.4, -0.2) is 55.8 Å². The fourth-order valence-corrected chi connectivity index (χ4v) is 3.72. The molecule has 1 aliphatic rings. The highest BCUT2D eigenvalue weighted by Gasteiger charge is 2.28. The van der Waals surface area contributed by atoms with E-state index in [4.69, 9.17) is 14.4 Å². The number of nitrogens with zero attached hydrogens (tertiary/aromatic N) is 4. The average Bonchev–Trinajstić information content (AvgIpc) is 3.23. The van der Waals surface area contributed by atoms with Crippen LogP contribution in [-0.2, 0) is 9.26 Å². The zero-order valence-electron chi connectivity index (χ0n) is 14.6. The maximum atomic E-state index is 7.00. The van der Waals surface area contributed by atoms with Gasteiger partial charge in [0, 0.05) is 23.0 Å². The number of halogens is 1. The van der Waals surface area contributed by atoms with Gasteiger partial charge in [0.2, 0.25) is 0 Å². The molecule has 0 aromatic carbocycles. The number of aliphatic hydroxyl groups excluding tert-OH is 1. The van der Waals surface area contributed by atoms with E-state index in [0.29, 0.717) is 14.9 Å². The summed E-state index contributed by atoms with van der Waals surface area (Å²) < 4.78 is 13.6. The zero-order chi connectivity index (χ0) is 18.2. The Morgan fingerprint density at radius 2 is 2.24 bits per heavy atom. The molecule has 0 bridgehead atoms. The molecule has 8 nitrogen and oxygen atoms in total. The van der Waals surface area contributed by atoms with Crippen molar-refractivity contribution in [2.45, 2.75) is 38.4 Å². The van der Waals surface area contributed by atoms with Crippen LogP contribution in [0.25, 0.3) is 11.2 Å². The van der Waals surface area contributed by atoms with Crippen molar-refractivity contribution in [3.8, 4) is 0 Å². The van der Waals surface area contributed by atoms with Crippen molar-refractivity contribution in [1.29, 1.82) is 0 Å². The molecule has 2 aromatic rings. The van der Waals surface area contributed by atoms with E-state index < -0.39 is 0 Å². The van der Waals surface area contributed by atoms with Crippen molar-refractivity contribution in [2.75, 3.05) is 25.6 Å². The van der Waals surface area contributed by atoms with Crippen LogP contribution in [0.3, 0.4) is 0 Å². The van der Waals surface area contributed by atoms with E-state index in [2.05, 4.69) is 49.4 Å². The number of rotatable bonds is 7. The van der Waals surface area contributed by atoms with Crippen molar-refractivity contribution < 1.29 is 14.4 Å². The third kappa shape index (κ3) is 5.46. The van der Waals surface area contributed by atoms with E-state index in [9.17, 15) is 0 Å². The third-order valence-corrected chi connectivity index (χ3v) is 4.90. The number of hydrogen-bond donors (Lipinski definition) is 2. The highest BCUT2D eigenvalue weighted by atomic mass is 127. The molecule has 2 aromatic heterocycles. The summed E-state index contributed by atoms with van der Waals surface area (Å²) in [5.74, 6) is 0.770. The predicted molar refractivity (Wildman–Crippen MR) is 111 cm³/mol. The molecule has 2 N–H and O–H groups in total. The minimum absolute atomic E-state index is 0.00986. The first-order chi connectivity index (χ1) is 12.2. The Morgan fingerprint density at radius 3 is 2.96 bits per heavy atom. The quantitative estimate of drug-likeness (QED) is 0.273. The maximum Gasteiger partial charge on any atom is 0.323 e. The molecule has 138 valence electrons. The van der Waals surface area contributed by atoms with Gasteiger partial charge in [-0.25, -0.2) is 15.0 Å². The second-order valence-corrected chi connectivity index (χ2v) is 8.55. The van der Waals surface area contributed by atoms with Crippen LogP contribution in [0.2, 0.25) is 6.82 Å². The van der Waals surface area contributed by atoms with E-state index in [-0.39, 0.29) is 10.9 Å². The number of aliphatic hydroxyl groups is 1. The van der Waals surface area contributed by atoms with Gasteiger partial charge in [0.1, 0.15) is 23.9 Å². The Labute approximate surface area is 163 Å². The molecule has 1 saturated heterocycles. The van der Waals surface area contributed by atoms with Gasteiger partial charge in [-0.2, -0.15) is 0 Å². The standard InChI is InChI=1S/C13H20BIN5O2P.CH4O/c1-14(15)19-12-11-13(17-7-16-12)20(8-18-11)10-4-3-9(22-10)5-6-23-21-2;1-2/h7-10,23H,3-6H2,1-2H3,(H,16,17,19);2H,1H3. The van der Waals surface area contributed by atoms with Gasteiger partial charge in [-0.15, -0.1) is 22.4 Å². The molecular formula is C14H24BIN5O3P. The number of fused-ring (bicyclic) bond motifs is 1. The monoisotopic (exact) mass is 479 g/mol. The first-order valence-electron chi connectivity index (χ1n) is 8.13. The molecule has 1 aliphatic heterocycles. The van der Waals surface area contributed by atoms with Gasteiger partial charge in [-0.05, 0) is 25.4 Å². The normalized spacial score (nSPS) is 20.0. The van der Waals surface area contributed by atoms with Crippen LogP contribution in [0.5, 0.6) is 0 Å². The molecule has 3 unspecified atom stereocenters. The minimum Gasteiger partial charge on any atom is -0.402 e. The third-order valence-electron chi connectivity index (χ3n) is 3.80. The first-order valence-corrected chi connectivity index (χ1v) is 10.5. The van der Waals surface area contributed by atoms with Gasteiger partial charge in [-0.1, -0.05) is 6.82 Å². The van der Waals surface area contributed by atoms with E-state index >= 15 is 0 Å². The molecule has 0 saturated carbocycles. The number of ether oxygens (including phenoxy) is 1. The summed E-state index contributed by atoms with van der Waals surface area (Å²) in [7, 11) is 3.30. The summed E-state index contributed by atoms with van der Waals surface area (Å²) in [6, 6.07) is 0. The van der Waals surface area contributed by atoms with Crippen LogP contribution in [0, 0.1) is 0 Å². The van der Waals surface area contributed by atoms with Crippen molar-refractivity contribution in [3.05, 3.63) is 12.7 Å². The minimum atomic E-state index is 0.00986. The van der Waals surface area contributed by atoms with Gasteiger partial charge < -0.3 is 19.6 Å². The van der Waals surface area contributed by atoms with Crippen molar-refractivity contribution in [2.24, 2.45) is 0 Å². The molecule has 0 amide bonds. The topological polar surface area (TPSA) is 94.3 Å². The number of nitrogens with one attached hydrogen (secondary N) is 1. The van der Waals surface area contributed by atoms with Gasteiger partial charge >= 0.3 is 4.70 Å². The SMILES string of the molecule is CO.COPCCC1CCC(n2cnc3c(NB(C)I)ncnc32)O1. The highest BCUT2D eigenvalue weighted by Crippen LogP contribution is 2.33. The van der Waals surface area contributed by atoms with E-state index in [0.717, 1.165) is 49.5 Å². The highest BCUT2D eigenvalue weighted by molar-refractivity contribution is 14.1. The summed E-state index contributed by atoms with van der Waals surface area (Å²) in [5.41, 5.74) is 1.62. The van der Waals surface area contributed by atoms with E-state index in [1.54, 1.807) is 13.4 Å². The van der Waals surface area contributed by atoms with Crippen LogP contribution >= 0.6 is 31.2 Å². The first kappa shape index (κ1) is 20.8. The molecule has 3 heterocycles. The summed E-state index contributed by atoms with van der Waals surface area (Å²) in [5, 5.41) is 10.3. The maximum absolute atomic E-state index is 7.00. The van der Waals surface area contributed by atoms with Crippen LogP contribution in [0.4, 0.5) is 5.82 Å². The second kappa shape index (κ2) is 10.6. The Morgan fingerprint density at radius 1 is 1.44 bits per heavy atom. The average molecular weight is 479 g/mol. The molecule has 1 fully saturated rings. The van der Waals surface area contributed by atoms with Gasteiger partial charge in [0.05, 0.1) is 12.4 Å². The molecule has 3 rings (SSSR count). The molecule has 25 heavy (non-hydrogen) atoms. The Kier molecular flexibility index (Phi) is 8.78. The molecule has 3 atom stereocenters. The molecule has 0 radical (unpaired) electrons. The molecular weight excluding hydrogens is 455 g/mol. The number of aromatic nitrogens is 4. The van der Waals surface area contributed by atoms with Gasteiger partial charge in [-0.3, -0.25) is 4.57 Å². The van der Waals surface area contributed by atoms with E-state index in [1.807, 2.05) is 10.9 Å². The van der Waals surface area contributed by atoms with Crippen molar-refractivity contribution in [1.82, 2.24) is 19.5 Å². The fraction of sp³-hybridized carbons (Fsp3) is 0.643. The van der Waals surface area contributed by atoms with Gasteiger partial charge in [0.15, 0.2) is 5.65 Å². The van der Waals surface area contributed by atoms with Crippen molar-refractivity contribution >= 4 is 52.9 Å². The lowest BCUT2D eigenvalue weighted by atomic mass is 10.0. The molecule has 0 aliphatic carbocycles. The number of anilines is 1. The summed E-state index contributed by atoms with van der Waals surface area (Å²) in [4.78, 5) is 13.2. The second-order valence-electron chi connectivity index (χ2n) is 5.48. The smallest absolute Gasteiger partial charge is 0.323 e. The molecule has 0 spiro atoms. The largest absolute Gasteiger partial charge is 0.402 e. The summed E-state index contributed by atoms with van der Waals surface area (Å²) >= 11 is 2.30. The Hall–Kier alpha value is -0.545. The Balaban J connectivity index is 0.00000109. The van der Waals surface area contributed by atoms with Crippen LogP contribution in [0.1, 0.15) is 25.5 Å². The lowest BCUT2D eigenvalue weighted by Gasteiger charge is -2.15. The number of imidazole rings is 1. The lowest BCUT2D eigenvalue weighted by Crippen LogP contribution is -2.14. The summed E-state index contributed by atoms with van der Waals surface area (Å²) in [6.45, 7) is 2.07. The van der Waals surface area contributed by atoms with Crippen LogP contribution in [0.15, 0.2) is 12.7 Å². The van der Waals surface area contributed by atoms with Gasteiger partial charge in [0.25, 0.3) is 0 Å². The summed E-state index contributed by atoms with van der Waals surface area (Å²) in [6.07, 6.45) is 7.86. The van der Waals surface area contributed by atoms with E-state index in [1.165, 1.54) is 0 Å². The number of hydrogen-bond acceptors (Lipinski definition) is 7. The lowest BCUT2D eigenvalue weighted by molar-refractivity contribution is 0.00323. The zero-order valence-corrected chi connectivity index (χ0v) is 17.8. The fourth-order valence-electron chi connectivity index (χ4n) is 2.78. The Bertz CT molecular complexity index is 662. The van der Waals surface area contributed by atoms with Crippen LogP contribution < -0.4 is 5.23 Å².